The number of benzene rings is 5. The molecule has 5 aromatic rings. The van der Waals surface area contributed by atoms with Gasteiger partial charge in [0.2, 0.25) is 0 Å². The van der Waals surface area contributed by atoms with E-state index in [-0.39, 0.29) is 44.4 Å². The quantitative estimate of drug-likeness (QED) is 0.0566. The SMILES string of the molecule is CNC([S-])=NN=C(C(=NN=C([S-])NC[P+](c1ccccc1)(c1ccccc1)c1ccccc1)c1ccccc1)c1ccc(Br)cc1.[Br-].[Cu+2]. The molecule has 0 saturated heterocycles. The van der Waals surface area contributed by atoms with Crippen LogP contribution in [0.5, 0.6) is 0 Å². The van der Waals surface area contributed by atoms with E-state index < -0.39 is 7.26 Å². The third kappa shape index (κ3) is 9.89. The minimum atomic E-state index is -2.18. The molecule has 0 aliphatic rings. The van der Waals surface area contributed by atoms with Crippen molar-refractivity contribution in [3.63, 3.8) is 0 Å². The van der Waals surface area contributed by atoms with Gasteiger partial charge in [0, 0.05) is 27.8 Å². The first kappa shape index (κ1) is 39.2. The number of nitrogens with one attached hydrogen (secondary N) is 2. The summed E-state index contributed by atoms with van der Waals surface area (Å²) in [5.41, 5.74) is 2.61. The topological polar surface area (TPSA) is 73.5 Å². The van der Waals surface area contributed by atoms with E-state index in [9.17, 15) is 0 Å². The van der Waals surface area contributed by atoms with Crippen molar-refractivity contribution in [1.82, 2.24) is 10.6 Å². The van der Waals surface area contributed by atoms with Crippen molar-refractivity contribution >= 4 is 86.1 Å². The number of hydrogen-bond acceptors (Lipinski definition) is 6. The fourth-order valence-corrected chi connectivity index (χ4v) is 9.32. The molecule has 0 amide bonds. The molecule has 0 unspecified atom stereocenters. The predicted octanol–water partition coefficient (Wildman–Crippen LogP) is 3.13. The number of nitrogens with zero attached hydrogens (tertiary/aromatic N) is 4. The molecule has 1 radical (unpaired) electrons. The van der Waals surface area contributed by atoms with E-state index in [2.05, 4.69) is 115 Å². The monoisotopic (exact) mass is 863 g/mol. The second kappa shape index (κ2) is 19.7. The summed E-state index contributed by atoms with van der Waals surface area (Å²) in [6, 6.07) is 49.3. The van der Waals surface area contributed by atoms with Crippen molar-refractivity contribution in [2.45, 2.75) is 0 Å². The zero-order valence-corrected chi connectivity index (χ0v) is 32.3. The molecule has 5 aromatic carbocycles. The molecule has 0 aliphatic heterocycles. The van der Waals surface area contributed by atoms with Crippen LogP contribution in [0.4, 0.5) is 0 Å². The van der Waals surface area contributed by atoms with Gasteiger partial charge in [0.05, 0.1) is 0 Å². The second-order valence-corrected chi connectivity index (χ2v) is 15.2. The van der Waals surface area contributed by atoms with E-state index in [4.69, 9.17) is 30.4 Å². The molecule has 0 atom stereocenters. The van der Waals surface area contributed by atoms with Gasteiger partial charge in [-0.05, 0) is 53.7 Å². The Morgan fingerprint density at radius 2 is 0.938 bits per heavy atom. The Bertz CT molecular complexity index is 1750. The van der Waals surface area contributed by atoms with Crippen LogP contribution in [0.1, 0.15) is 11.1 Å². The molecule has 0 saturated carbocycles. The summed E-state index contributed by atoms with van der Waals surface area (Å²) >= 11 is 14.6. The van der Waals surface area contributed by atoms with Crippen LogP contribution in [0.2, 0.25) is 0 Å². The second-order valence-electron chi connectivity index (χ2n) is 9.98. The van der Waals surface area contributed by atoms with Crippen molar-refractivity contribution < 1.29 is 34.1 Å². The van der Waals surface area contributed by atoms with Gasteiger partial charge in [-0.25, -0.2) is 0 Å². The first-order valence-electron chi connectivity index (χ1n) is 14.4. The number of amidine groups is 2. The summed E-state index contributed by atoms with van der Waals surface area (Å²) in [6.07, 6.45) is 0.559. The van der Waals surface area contributed by atoms with Crippen LogP contribution in [0, 0.1) is 0 Å². The minimum Gasteiger partial charge on any atom is -1.00 e. The van der Waals surface area contributed by atoms with Gasteiger partial charge in [-0.15, -0.1) is 10.2 Å². The van der Waals surface area contributed by atoms with Crippen LogP contribution < -0.4 is 43.5 Å². The zero-order chi connectivity index (χ0) is 32.2. The van der Waals surface area contributed by atoms with Crippen molar-refractivity contribution in [2.24, 2.45) is 20.4 Å². The molecule has 0 heterocycles. The van der Waals surface area contributed by atoms with Crippen molar-refractivity contribution in [2.75, 3.05) is 13.3 Å². The number of rotatable bonds is 10. The summed E-state index contributed by atoms with van der Waals surface area (Å²) in [4.78, 5) is 0. The number of halogens is 2. The van der Waals surface area contributed by atoms with Gasteiger partial charge in [0.15, 0.2) is 0 Å². The summed E-state index contributed by atoms with van der Waals surface area (Å²) < 4.78 is 0.939. The van der Waals surface area contributed by atoms with E-state index in [1.807, 2.05) is 72.8 Å². The Kier molecular flexibility index (Phi) is 16.0. The molecule has 2 N–H and O–H groups in total. The molecule has 0 aromatic heterocycles. The van der Waals surface area contributed by atoms with Gasteiger partial charge in [0.25, 0.3) is 0 Å². The van der Waals surface area contributed by atoms with Crippen LogP contribution >= 0.6 is 23.2 Å². The van der Waals surface area contributed by atoms with Gasteiger partial charge in [-0.1, -0.05) is 113 Å². The average molecular weight is 866 g/mol. The molecule has 0 aliphatic carbocycles. The molecular formula is C36H31Br2CuN6PS2. The van der Waals surface area contributed by atoms with Crippen LogP contribution in [0.15, 0.2) is 170 Å². The zero-order valence-electron chi connectivity index (χ0n) is 25.7. The molecule has 0 spiro atoms. The van der Waals surface area contributed by atoms with Crippen LogP contribution in [-0.2, 0) is 42.3 Å². The summed E-state index contributed by atoms with van der Waals surface area (Å²) in [5, 5.41) is 28.5. The fraction of sp³-hybridized carbons (Fsp3) is 0.0556. The van der Waals surface area contributed by atoms with Crippen LogP contribution in [0.3, 0.4) is 0 Å². The molecule has 48 heavy (non-hydrogen) atoms. The predicted molar refractivity (Wildman–Crippen MR) is 205 cm³/mol. The Labute approximate surface area is 323 Å². The molecule has 247 valence electrons. The summed E-state index contributed by atoms with van der Waals surface area (Å²) in [6.45, 7) is 0. The first-order valence-corrected chi connectivity index (χ1v) is 18.0. The number of hydrogen-bond donors (Lipinski definition) is 2. The Morgan fingerprint density at radius 1 is 0.562 bits per heavy atom. The van der Waals surface area contributed by atoms with E-state index in [1.165, 1.54) is 15.9 Å². The molecule has 0 fully saturated rings. The van der Waals surface area contributed by atoms with E-state index in [0.29, 0.717) is 17.7 Å². The van der Waals surface area contributed by atoms with Gasteiger partial charge >= 0.3 is 17.1 Å². The fourth-order valence-electron chi connectivity index (χ4n) is 4.92. The molecule has 5 rings (SSSR count). The normalized spacial score (nSPS) is 12.4. The average Bonchev–Trinajstić information content (AvgIpc) is 3.12. The Hall–Kier alpha value is -3.27. The Balaban J connectivity index is 0.00000312. The van der Waals surface area contributed by atoms with Crippen LogP contribution in [-0.4, -0.2) is 35.1 Å². The third-order valence-electron chi connectivity index (χ3n) is 7.14. The standard InChI is InChI=1S/C36H32BrN6PS2.BrH.Cu/c1-38-35(45)42-40-34(28-22-24-29(37)25-23-28)33(27-14-6-2-7-15-27)41-43-36(46)39-26-44(30-16-8-3-9-17-30,31-18-10-4-11-19-31)32-20-12-5-13-21-32;;/h2-25H,26H2,1H3,(H3-,38,39,40,41,42,43,45,46);1H;/q;;+2/p-2. The maximum absolute atomic E-state index is 5.82. The van der Waals surface area contributed by atoms with E-state index >= 15 is 0 Å². The van der Waals surface area contributed by atoms with Gasteiger partial charge in [-0.3, -0.25) is 0 Å². The van der Waals surface area contributed by atoms with Gasteiger partial charge in [0.1, 0.15) is 40.9 Å². The van der Waals surface area contributed by atoms with Crippen molar-refractivity contribution in [1.29, 1.82) is 0 Å². The molecular weight excluding hydrogens is 835 g/mol. The van der Waals surface area contributed by atoms with E-state index in [0.717, 1.165) is 15.6 Å². The smallest absolute Gasteiger partial charge is 1.00 e. The maximum atomic E-state index is 5.82. The maximum Gasteiger partial charge on any atom is 2.00 e. The Morgan fingerprint density at radius 3 is 1.35 bits per heavy atom. The van der Waals surface area contributed by atoms with Gasteiger partial charge < -0.3 is 52.9 Å². The first-order chi connectivity index (χ1) is 22.5. The molecule has 12 heteroatoms. The van der Waals surface area contributed by atoms with Crippen molar-refractivity contribution in [3.05, 3.63) is 161 Å². The molecule has 6 nitrogen and oxygen atoms in total. The molecule has 0 bridgehead atoms. The summed E-state index contributed by atoms with van der Waals surface area (Å²) in [7, 11) is -0.477. The van der Waals surface area contributed by atoms with Crippen LogP contribution in [0.25, 0.3) is 0 Å². The minimum absolute atomic E-state index is 0. The largest absolute Gasteiger partial charge is 2.00 e. The van der Waals surface area contributed by atoms with Crippen molar-refractivity contribution in [3.8, 4) is 0 Å². The summed E-state index contributed by atoms with van der Waals surface area (Å²) in [5.74, 6) is 0. The van der Waals surface area contributed by atoms with E-state index in [1.54, 1.807) is 7.05 Å². The third-order valence-corrected chi connectivity index (χ3v) is 12.4. The van der Waals surface area contributed by atoms with Gasteiger partial charge in [-0.2, -0.15) is 10.2 Å².